The fourth-order valence-corrected chi connectivity index (χ4v) is 5.04. The van der Waals surface area contributed by atoms with Gasteiger partial charge in [0.2, 0.25) is 5.91 Å². The van der Waals surface area contributed by atoms with Crippen LogP contribution in [0.5, 0.6) is 0 Å². The van der Waals surface area contributed by atoms with E-state index < -0.39 is 58.2 Å². The summed E-state index contributed by atoms with van der Waals surface area (Å²) in [5.41, 5.74) is -2.32. The Morgan fingerprint density at radius 2 is 1.85 bits per heavy atom. The molecule has 2 aliphatic heterocycles. The first kappa shape index (κ1) is 30.4. The number of ether oxygens (including phenoxy) is 1. The Morgan fingerprint density at radius 1 is 1.17 bits per heavy atom. The molecule has 1 atom stereocenters. The fourth-order valence-electron chi connectivity index (χ4n) is 5.04. The predicted molar refractivity (Wildman–Crippen MR) is 137 cm³/mol. The minimum absolute atomic E-state index is 0.150. The van der Waals surface area contributed by atoms with Gasteiger partial charge in [0.15, 0.2) is 0 Å². The topological polar surface area (TPSA) is 212 Å². The number of hydrogen-bond acceptors (Lipinski definition) is 12. The third-order valence-corrected chi connectivity index (χ3v) is 7.10. The molecule has 15 heteroatoms. The lowest BCUT2D eigenvalue weighted by atomic mass is 10.0. The molecule has 41 heavy (non-hydrogen) atoms. The second kappa shape index (κ2) is 11.4. The molecule has 2 amide bonds. The van der Waals surface area contributed by atoms with Gasteiger partial charge in [-0.15, -0.1) is 0 Å². The lowest BCUT2D eigenvalue weighted by Crippen LogP contribution is -2.55. The number of morpholine rings is 1. The summed E-state index contributed by atoms with van der Waals surface area (Å²) >= 11 is 0. The number of aldehydes is 1. The summed E-state index contributed by atoms with van der Waals surface area (Å²) < 4.78 is 20.4. The van der Waals surface area contributed by atoms with Crippen LogP contribution in [-0.2, 0) is 32.1 Å². The van der Waals surface area contributed by atoms with Crippen LogP contribution in [0.1, 0.15) is 39.9 Å². The van der Waals surface area contributed by atoms with E-state index in [-0.39, 0.29) is 50.3 Å². The number of likely N-dealkylation sites (N-methyl/N-ethyl adjacent to an activating group) is 1. The molecule has 1 unspecified atom stereocenters. The first-order valence-corrected chi connectivity index (χ1v) is 12.7. The number of benzene rings is 2. The lowest BCUT2D eigenvalue weighted by molar-refractivity contribution is -0.287. The molecule has 2 aromatic rings. The maximum atomic E-state index is 15.2. The van der Waals surface area contributed by atoms with Crippen LogP contribution in [0, 0.1) is 5.82 Å². The average molecular weight is 579 g/mol. The van der Waals surface area contributed by atoms with Crippen molar-refractivity contribution in [2.45, 2.75) is 36.6 Å². The molecule has 1 saturated heterocycles. The van der Waals surface area contributed by atoms with Crippen LogP contribution in [0.3, 0.4) is 0 Å². The third-order valence-electron chi connectivity index (χ3n) is 7.10. The number of anilines is 1. The molecular weight excluding hydrogens is 547 g/mol. The molecular formula is C26H31FN4O10. The molecule has 4 rings (SSSR count). The molecule has 2 heterocycles. The van der Waals surface area contributed by atoms with Crippen molar-refractivity contribution in [1.29, 1.82) is 0 Å². The lowest BCUT2D eigenvalue weighted by Gasteiger charge is -2.38. The van der Waals surface area contributed by atoms with Gasteiger partial charge in [-0.05, 0) is 30.7 Å². The zero-order valence-electron chi connectivity index (χ0n) is 22.0. The number of rotatable bonds is 10. The highest BCUT2D eigenvalue weighted by molar-refractivity contribution is 6.03. The van der Waals surface area contributed by atoms with Crippen LogP contribution in [0.15, 0.2) is 36.4 Å². The summed E-state index contributed by atoms with van der Waals surface area (Å²) in [6.07, 6.45) is 0.0779. The largest absolute Gasteiger partial charge is 0.379 e. The SMILES string of the molecule is CNC(=O)C(CCC=O)N1C(=O)c2cccc(NC(O)(O)c3ccc(C(O)(O)N4CCOCC4)cc3F)c2C1(O)O. The summed E-state index contributed by atoms with van der Waals surface area (Å²) in [4.78, 5) is 38.3. The second-order valence-electron chi connectivity index (χ2n) is 9.64. The van der Waals surface area contributed by atoms with Gasteiger partial charge < -0.3 is 50.8 Å². The minimum atomic E-state index is -3.21. The fraction of sp³-hybridized carbons (Fsp3) is 0.423. The molecule has 14 nitrogen and oxygen atoms in total. The van der Waals surface area contributed by atoms with E-state index >= 15 is 4.39 Å². The highest BCUT2D eigenvalue weighted by Crippen LogP contribution is 2.43. The normalized spacial score (nSPS) is 18.1. The van der Waals surface area contributed by atoms with Crippen molar-refractivity contribution < 1.29 is 54.2 Å². The van der Waals surface area contributed by atoms with Gasteiger partial charge in [0.25, 0.3) is 23.6 Å². The Labute approximate surface area is 233 Å². The van der Waals surface area contributed by atoms with Crippen LogP contribution in [0.2, 0.25) is 0 Å². The van der Waals surface area contributed by atoms with Gasteiger partial charge in [-0.25, -0.2) is 9.29 Å². The van der Waals surface area contributed by atoms with E-state index in [9.17, 15) is 45.0 Å². The summed E-state index contributed by atoms with van der Waals surface area (Å²) in [6, 6.07) is 4.85. The van der Waals surface area contributed by atoms with Gasteiger partial charge in [-0.1, -0.05) is 12.1 Å². The van der Waals surface area contributed by atoms with E-state index in [1.54, 1.807) is 0 Å². The number of halogens is 1. The first-order valence-electron chi connectivity index (χ1n) is 12.7. The van der Waals surface area contributed by atoms with Crippen LogP contribution < -0.4 is 10.6 Å². The molecule has 1 fully saturated rings. The van der Waals surface area contributed by atoms with Gasteiger partial charge in [0.05, 0.1) is 29.9 Å². The molecule has 2 aromatic carbocycles. The smallest absolute Gasteiger partial charge is 0.281 e. The molecule has 2 aliphatic rings. The van der Waals surface area contributed by atoms with Gasteiger partial charge >= 0.3 is 0 Å². The zero-order chi connectivity index (χ0) is 30.2. The summed E-state index contributed by atoms with van der Waals surface area (Å²) in [7, 11) is 1.26. The van der Waals surface area contributed by atoms with Gasteiger partial charge in [0, 0.05) is 37.8 Å². The monoisotopic (exact) mass is 578 g/mol. The predicted octanol–water partition coefficient (Wildman–Crippen LogP) is -1.90. The van der Waals surface area contributed by atoms with E-state index in [4.69, 9.17) is 4.74 Å². The number of carbonyl (C=O) groups is 3. The van der Waals surface area contributed by atoms with Crippen molar-refractivity contribution in [2.24, 2.45) is 0 Å². The van der Waals surface area contributed by atoms with E-state index in [2.05, 4.69) is 10.6 Å². The van der Waals surface area contributed by atoms with Crippen LogP contribution in [-0.4, -0.2) is 97.9 Å². The van der Waals surface area contributed by atoms with Crippen molar-refractivity contribution in [3.8, 4) is 0 Å². The van der Waals surface area contributed by atoms with Crippen LogP contribution >= 0.6 is 0 Å². The number of nitrogens with one attached hydrogen (secondary N) is 2. The van der Waals surface area contributed by atoms with Crippen LogP contribution in [0.25, 0.3) is 0 Å². The highest BCUT2D eigenvalue weighted by atomic mass is 19.1. The molecule has 222 valence electrons. The van der Waals surface area contributed by atoms with Crippen molar-refractivity contribution in [3.63, 3.8) is 0 Å². The Morgan fingerprint density at radius 3 is 2.46 bits per heavy atom. The third kappa shape index (κ3) is 5.53. The van der Waals surface area contributed by atoms with Crippen molar-refractivity contribution in [3.05, 3.63) is 64.5 Å². The van der Waals surface area contributed by atoms with Crippen LogP contribution in [0.4, 0.5) is 10.1 Å². The Kier molecular flexibility index (Phi) is 8.45. The van der Waals surface area contributed by atoms with Crippen molar-refractivity contribution >= 4 is 23.8 Å². The average Bonchev–Trinajstić information content (AvgIpc) is 3.14. The number of hydrogen-bond donors (Lipinski definition) is 8. The molecule has 0 aliphatic carbocycles. The van der Waals surface area contributed by atoms with E-state index in [0.29, 0.717) is 17.3 Å². The van der Waals surface area contributed by atoms with Gasteiger partial charge in [-0.2, -0.15) is 0 Å². The Hall–Kier alpha value is -3.54. The van der Waals surface area contributed by atoms with E-state index in [0.717, 1.165) is 18.2 Å². The van der Waals surface area contributed by atoms with Gasteiger partial charge in [-0.3, -0.25) is 14.5 Å². The van der Waals surface area contributed by atoms with Gasteiger partial charge in [0.1, 0.15) is 18.1 Å². The van der Waals surface area contributed by atoms with E-state index in [1.165, 1.54) is 24.1 Å². The Balaban J connectivity index is 1.67. The number of amides is 2. The minimum Gasteiger partial charge on any atom is -0.379 e. The number of nitrogens with zero attached hydrogens (tertiary/aromatic N) is 2. The highest BCUT2D eigenvalue weighted by Gasteiger charge is 2.54. The van der Waals surface area contributed by atoms with E-state index in [1.807, 2.05) is 0 Å². The summed E-state index contributed by atoms with van der Waals surface area (Å²) in [6.45, 7) is 0.750. The second-order valence-corrected chi connectivity index (χ2v) is 9.64. The molecule has 0 bridgehead atoms. The number of fused-ring (bicyclic) bond motifs is 1. The summed E-state index contributed by atoms with van der Waals surface area (Å²) in [5.74, 6) is -12.0. The number of carbonyl (C=O) groups excluding carboxylic acids is 3. The molecule has 0 saturated carbocycles. The van der Waals surface area contributed by atoms with Crippen molar-refractivity contribution in [2.75, 3.05) is 38.7 Å². The first-order chi connectivity index (χ1) is 19.3. The maximum absolute atomic E-state index is 15.2. The molecule has 0 radical (unpaired) electrons. The quantitative estimate of drug-likeness (QED) is 0.115. The zero-order valence-corrected chi connectivity index (χ0v) is 22.0. The molecule has 8 N–H and O–H groups in total. The standard InChI is InChI=1S/C26H31FN4O10/c1-28-22(33)20(6-3-11-32)31-23(34)16-4-2-5-19(21(16)26(31,39)40)29-24(35,36)17-8-7-15(14-18(17)27)25(37,38)30-9-12-41-13-10-30/h2,4-5,7-8,11,14,20,29,35-40H,3,6,9-10,12-13H2,1H3,(H,28,33). The number of aliphatic hydroxyl groups is 6. The Bertz CT molecular complexity index is 1330. The van der Waals surface area contributed by atoms with Crippen molar-refractivity contribution in [1.82, 2.24) is 15.1 Å². The molecule has 0 aromatic heterocycles. The maximum Gasteiger partial charge on any atom is 0.281 e. The molecule has 0 spiro atoms. The summed E-state index contributed by atoms with van der Waals surface area (Å²) in [5, 5.41) is 69.6.